The maximum atomic E-state index is 9.48. The lowest BCUT2D eigenvalue weighted by Crippen LogP contribution is -2.43. The molecule has 1 fully saturated rings. The van der Waals surface area contributed by atoms with E-state index in [1.165, 1.54) is 25.3 Å². The van der Waals surface area contributed by atoms with E-state index in [2.05, 4.69) is 20.4 Å². The Balaban J connectivity index is 2.65. The van der Waals surface area contributed by atoms with E-state index >= 15 is 0 Å². The smallest absolute Gasteiger partial charge is 0.174 e. The predicted molar refractivity (Wildman–Crippen MR) is 57.9 cm³/mol. The Hall–Kier alpha value is -0.340. The molecule has 0 aromatic rings. The molecule has 0 aliphatic heterocycles. The maximum Gasteiger partial charge on any atom is 0.174 e. The highest BCUT2D eigenvalue weighted by Crippen LogP contribution is 2.38. The standard InChI is InChI=1S/C12H22O2/c1-4-11(13)14-12(10(2)3)8-6-5-7-9-12/h4,10-11,13H,1,5-9H2,2-3H3. The van der Waals surface area contributed by atoms with Crippen LogP contribution in [0.3, 0.4) is 0 Å². The lowest BCUT2D eigenvalue weighted by molar-refractivity contribution is -0.192. The van der Waals surface area contributed by atoms with Crippen LogP contribution >= 0.6 is 0 Å². The SMILES string of the molecule is C=CC(O)OC1(C(C)C)CCCCC1. The molecule has 14 heavy (non-hydrogen) atoms. The van der Waals surface area contributed by atoms with Gasteiger partial charge in [-0.15, -0.1) is 0 Å². The van der Waals surface area contributed by atoms with Crippen molar-refractivity contribution < 1.29 is 9.84 Å². The second kappa shape index (κ2) is 4.94. The first-order valence-corrected chi connectivity index (χ1v) is 5.59. The fourth-order valence-corrected chi connectivity index (χ4v) is 2.27. The molecule has 0 bridgehead atoms. The van der Waals surface area contributed by atoms with Crippen LogP contribution in [-0.4, -0.2) is 17.0 Å². The first-order valence-electron chi connectivity index (χ1n) is 5.59. The molecule has 0 spiro atoms. The van der Waals surface area contributed by atoms with Gasteiger partial charge in [-0.1, -0.05) is 39.7 Å². The summed E-state index contributed by atoms with van der Waals surface area (Å²) in [5.74, 6) is 0.456. The van der Waals surface area contributed by atoms with Gasteiger partial charge in [-0.2, -0.15) is 0 Å². The third-order valence-electron chi connectivity index (χ3n) is 3.31. The minimum absolute atomic E-state index is 0.119. The van der Waals surface area contributed by atoms with Crippen LogP contribution in [0.5, 0.6) is 0 Å². The molecular formula is C12H22O2. The molecule has 1 saturated carbocycles. The molecule has 0 heterocycles. The van der Waals surface area contributed by atoms with Crippen LogP contribution < -0.4 is 0 Å². The molecule has 1 aliphatic rings. The molecule has 1 aliphatic carbocycles. The number of rotatable bonds is 4. The van der Waals surface area contributed by atoms with E-state index in [0.29, 0.717) is 5.92 Å². The van der Waals surface area contributed by atoms with E-state index in [9.17, 15) is 5.11 Å². The van der Waals surface area contributed by atoms with Gasteiger partial charge in [-0.3, -0.25) is 0 Å². The molecular weight excluding hydrogens is 176 g/mol. The monoisotopic (exact) mass is 198 g/mol. The zero-order chi connectivity index (χ0) is 10.6. The van der Waals surface area contributed by atoms with Crippen molar-refractivity contribution in [2.45, 2.75) is 57.8 Å². The van der Waals surface area contributed by atoms with Crippen LogP contribution in [0.4, 0.5) is 0 Å². The van der Waals surface area contributed by atoms with Crippen LogP contribution in [0.25, 0.3) is 0 Å². The Bertz CT molecular complexity index is 181. The van der Waals surface area contributed by atoms with Gasteiger partial charge >= 0.3 is 0 Å². The van der Waals surface area contributed by atoms with Crippen LogP contribution in [0.15, 0.2) is 12.7 Å². The Labute approximate surface area is 87.0 Å². The number of ether oxygens (including phenoxy) is 1. The molecule has 1 unspecified atom stereocenters. The highest BCUT2D eigenvalue weighted by Gasteiger charge is 2.37. The topological polar surface area (TPSA) is 29.5 Å². The third kappa shape index (κ3) is 2.58. The van der Waals surface area contributed by atoms with Crippen molar-refractivity contribution in [2.24, 2.45) is 5.92 Å². The van der Waals surface area contributed by atoms with Crippen LogP contribution in [0.1, 0.15) is 46.0 Å². The Morgan fingerprint density at radius 2 is 1.86 bits per heavy atom. The average Bonchev–Trinajstić information content (AvgIpc) is 2.19. The van der Waals surface area contributed by atoms with Gasteiger partial charge < -0.3 is 9.84 Å². The van der Waals surface area contributed by atoms with Crippen molar-refractivity contribution in [1.29, 1.82) is 0 Å². The van der Waals surface area contributed by atoms with Crippen LogP contribution in [0, 0.1) is 5.92 Å². The second-order valence-electron chi connectivity index (χ2n) is 4.52. The average molecular weight is 198 g/mol. The molecule has 2 heteroatoms. The minimum Gasteiger partial charge on any atom is -0.365 e. The summed E-state index contributed by atoms with van der Waals surface area (Å²) in [6.45, 7) is 7.88. The Kier molecular flexibility index (Phi) is 4.14. The summed E-state index contributed by atoms with van der Waals surface area (Å²) in [5, 5.41) is 9.48. The molecule has 0 saturated heterocycles. The second-order valence-corrected chi connectivity index (χ2v) is 4.52. The van der Waals surface area contributed by atoms with Crippen LogP contribution in [-0.2, 0) is 4.74 Å². The van der Waals surface area contributed by atoms with Crippen molar-refractivity contribution in [3.8, 4) is 0 Å². The lowest BCUT2D eigenvalue weighted by Gasteiger charge is -2.41. The highest BCUT2D eigenvalue weighted by molar-refractivity contribution is 4.89. The van der Waals surface area contributed by atoms with Gasteiger partial charge in [0.1, 0.15) is 0 Å². The summed E-state index contributed by atoms with van der Waals surface area (Å²) >= 11 is 0. The van der Waals surface area contributed by atoms with E-state index in [0.717, 1.165) is 12.8 Å². The largest absolute Gasteiger partial charge is 0.365 e. The predicted octanol–water partition coefficient (Wildman–Crippen LogP) is 2.87. The van der Waals surface area contributed by atoms with E-state index in [1.54, 1.807) is 0 Å². The molecule has 0 radical (unpaired) electrons. The molecule has 82 valence electrons. The number of aliphatic hydroxyl groups excluding tert-OH is 1. The molecule has 1 rings (SSSR count). The van der Waals surface area contributed by atoms with Crippen molar-refractivity contribution in [3.05, 3.63) is 12.7 Å². The van der Waals surface area contributed by atoms with Gasteiger partial charge in [0.15, 0.2) is 6.29 Å². The first kappa shape index (κ1) is 11.7. The van der Waals surface area contributed by atoms with Crippen molar-refractivity contribution in [3.63, 3.8) is 0 Å². The number of hydrogen-bond donors (Lipinski definition) is 1. The van der Waals surface area contributed by atoms with Gasteiger partial charge in [-0.25, -0.2) is 0 Å². The van der Waals surface area contributed by atoms with Crippen molar-refractivity contribution in [2.75, 3.05) is 0 Å². The van der Waals surface area contributed by atoms with E-state index < -0.39 is 6.29 Å². The summed E-state index contributed by atoms with van der Waals surface area (Å²) in [7, 11) is 0. The van der Waals surface area contributed by atoms with Crippen LogP contribution in [0.2, 0.25) is 0 Å². The van der Waals surface area contributed by atoms with Crippen molar-refractivity contribution >= 4 is 0 Å². The zero-order valence-corrected chi connectivity index (χ0v) is 9.33. The molecule has 0 amide bonds. The molecule has 1 atom stereocenters. The zero-order valence-electron chi connectivity index (χ0n) is 9.33. The lowest BCUT2D eigenvalue weighted by atomic mass is 9.77. The highest BCUT2D eigenvalue weighted by atomic mass is 16.6. The summed E-state index contributed by atoms with van der Waals surface area (Å²) in [4.78, 5) is 0. The molecule has 1 N–H and O–H groups in total. The summed E-state index contributed by atoms with van der Waals surface area (Å²) in [6.07, 6.45) is 6.49. The Morgan fingerprint density at radius 1 is 1.29 bits per heavy atom. The quantitative estimate of drug-likeness (QED) is 0.556. The van der Waals surface area contributed by atoms with E-state index in [1.807, 2.05) is 0 Å². The van der Waals surface area contributed by atoms with Gasteiger partial charge in [0.2, 0.25) is 0 Å². The minimum atomic E-state index is -0.810. The van der Waals surface area contributed by atoms with E-state index in [-0.39, 0.29) is 5.60 Å². The Morgan fingerprint density at radius 3 is 2.29 bits per heavy atom. The maximum absolute atomic E-state index is 9.48. The van der Waals surface area contributed by atoms with E-state index in [4.69, 9.17) is 4.74 Å². The summed E-state index contributed by atoms with van der Waals surface area (Å²) in [5.41, 5.74) is -0.119. The van der Waals surface area contributed by atoms with Crippen molar-refractivity contribution in [1.82, 2.24) is 0 Å². The van der Waals surface area contributed by atoms with Gasteiger partial charge in [-0.05, 0) is 24.8 Å². The fourth-order valence-electron chi connectivity index (χ4n) is 2.27. The van der Waals surface area contributed by atoms with Gasteiger partial charge in [0.25, 0.3) is 0 Å². The number of aliphatic hydroxyl groups is 1. The van der Waals surface area contributed by atoms with Gasteiger partial charge in [0, 0.05) is 0 Å². The third-order valence-corrected chi connectivity index (χ3v) is 3.31. The molecule has 0 aromatic heterocycles. The molecule has 0 aromatic carbocycles. The molecule has 2 nitrogen and oxygen atoms in total. The fraction of sp³-hybridized carbons (Fsp3) is 0.833. The van der Waals surface area contributed by atoms with Gasteiger partial charge in [0.05, 0.1) is 5.60 Å². The summed E-state index contributed by atoms with van der Waals surface area (Å²) in [6, 6.07) is 0. The summed E-state index contributed by atoms with van der Waals surface area (Å²) < 4.78 is 5.73. The normalized spacial score (nSPS) is 23.4. The number of hydrogen-bond acceptors (Lipinski definition) is 2. The first-order chi connectivity index (χ1) is 6.60.